The molecule has 6 nitrogen and oxygen atoms in total. The van der Waals surface area contributed by atoms with Crippen molar-refractivity contribution < 1.29 is 17.9 Å². The summed E-state index contributed by atoms with van der Waals surface area (Å²) >= 11 is 4.68. The minimum atomic E-state index is -3.40. The molecule has 1 atom stereocenters. The highest BCUT2D eigenvalue weighted by molar-refractivity contribution is 7.89. The second-order valence-electron chi connectivity index (χ2n) is 3.69. The number of nitrogens with two attached hydrogens (primary N) is 1. The smallest absolute Gasteiger partial charge is 0.305 e. The van der Waals surface area contributed by atoms with E-state index in [1.165, 1.54) is 7.11 Å². The van der Waals surface area contributed by atoms with Gasteiger partial charge in [0, 0.05) is 18.9 Å². The number of thiocarbonyl (C=S) groups is 1. The normalized spacial score (nSPS) is 13.1. The first-order valence-electron chi connectivity index (χ1n) is 5.12. The third kappa shape index (κ3) is 9.02. The summed E-state index contributed by atoms with van der Waals surface area (Å²) in [5.74, 6) is -0.541. The van der Waals surface area contributed by atoms with E-state index in [9.17, 15) is 13.2 Å². The molecule has 8 heteroatoms. The van der Waals surface area contributed by atoms with Crippen LogP contribution in [0.2, 0.25) is 0 Å². The fourth-order valence-electron chi connectivity index (χ4n) is 1.22. The number of methoxy groups -OCH3 is 1. The number of ether oxygens (including phenoxy) is 1. The van der Waals surface area contributed by atoms with Crippen LogP contribution in [0.5, 0.6) is 0 Å². The van der Waals surface area contributed by atoms with Crippen LogP contribution in [0.3, 0.4) is 0 Å². The fraction of sp³-hybridized carbons (Fsp3) is 0.778. The highest BCUT2D eigenvalue weighted by Crippen LogP contribution is 2.00. The van der Waals surface area contributed by atoms with Crippen LogP contribution in [0.4, 0.5) is 0 Å². The van der Waals surface area contributed by atoms with Crippen molar-refractivity contribution in [2.45, 2.75) is 32.2 Å². The molecule has 0 saturated carbocycles. The van der Waals surface area contributed by atoms with Crippen LogP contribution in [-0.4, -0.2) is 38.3 Å². The van der Waals surface area contributed by atoms with E-state index >= 15 is 0 Å². The van der Waals surface area contributed by atoms with Gasteiger partial charge in [0.05, 0.1) is 17.9 Å². The van der Waals surface area contributed by atoms with Crippen molar-refractivity contribution in [2.24, 2.45) is 5.73 Å². The maximum absolute atomic E-state index is 11.5. The maximum atomic E-state index is 11.5. The molecule has 0 aromatic rings. The van der Waals surface area contributed by atoms with Crippen LogP contribution in [0.1, 0.15) is 26.2 Å². The predicted octanol–water partition coefficient (Wildman–Crippen LogP) is -0.0763. The number of carbonyl (C=O) groups excluding carboxylic acids is 1. The average Bonchev–Trinajstić information content (AvgIpc) is 2.14. The van der Waals surface area contributed by atoms with Crippen LogP contribution in [0.25, 0.3) is 0 Å². The summed E-state index contributed by atoms with van der Waals surface area (Å²) in [4.78, 5) is 11.1. The molecule has 1 unspecified atom stereocenters. The second kappa shape index (κ2) is 7.57. The first-order chi connectivity index (χ1) is 7.76. The number of hydrogen-bond donors (Lipinski definition) is 2. The van der Waals surface area contributed by atoms with Crippen LogP contribution in [0.15, 0.2) is 0 Å². The number of nitrogens with one attached hydrogen (secondary N) is 1. The number of sulfonamides is 1. The lowest BCUT2D eigenvalue weighted by molar-refractivity contribution is -0.140. The molecular formula is C9H18N2O4S2. The second-order valence-corrected chi connectivity index (χ2v) is 6.09. The molecule has 3 N–H and O–H groups in total. The molecular weight excluding hydrogens is 264 g/mol. The van der Waals surface area contributed by atoms with E-state index in [4.69, 9.17) is 5.73 Å². The topological polar surface area (TPSA) is 98.5 Å². The van der Waals surface area contributed by atoms with Gasteiger partial charge < -0.3 is 10.5 Å². The van der Waals surface area contributed by atoms with Crippen LogP contribution >= 0.6 is 12.2 Å². The lowest BCUT2D eigenvalue weighted by atomic mass is 10.3. The quantitative estimate of drug-likeness (QED) is 0.477. The Balaban J connectivity index is 4.03. The van der Waals surface area contributed by atoms with Crippen molar-refractivity contribution in [2.75, 3.05) is 12.9 Å². The highest BCUT2D eigenvalue weighted by atomic mass is 32.2. The SMILES string of the molecule is COC(=O)CCCS(=O)(=O)NC(C)CC(N)=S. The Hall–Kier alpha value is -0.730. The minimum Gasteiger partial charge on any atom is -0.469 e. The summed E-state index contributed by atoms with van der Waals surface area (Å²) < 4.78 is 29.9. The van der Waals surface area contributed by atoms with Gasteiger partial charge in [-0.15, -0.1) is 0 Å². The molecule has 100 valence electrons. The molecule has 0 rings (SSSR count). The zero-order chi connectivity index (χ0) is 13.5. The van der Waals surface area contributed by atoms with Gasteiger partial charge in [0.1, 0.15) is 0 Å². The Labute approximate surface area is 107 Å². The van der Waals surface area contributed by atoms with Crippen molar-refractivity contribution in [1.29, 1.82) is 0 Å². The van der Waals surface area contributed by atoms with Crippen LogP contribution < -0.4 is 10.5 Å². The monoisotopic (exact) mass is 282 g/mol. The van der Waals surface area contributed by atoms with Gasteiger partial charge in [0.25, 0.3) is 0 Å². The number of rotatable bonds is 8. The first-order valence-corrected chi connectivity index (χ1v) is 7.18. The highest BCUT2D eigenvalue weighted by Gasteiger charge is 2.15. The van der Waals surface area contributed by atoms with Gasteiger partial charge in [-0.1, -0.05) is 12.2 Å². The summed E-state index contributed by atoms with van der Waals surface area (Å²) in [7, 11) is -2.14. The summed E-state index contributed by atoms with van der Waals surface area (Å²) in [5.41, 5.74) is 5.31. The standard InChI is InChI=1S/C9H18N2O4S2/c1-7(6-8(10)16)11-17(13,14)5-3-4-9(12)15-2/h7,11H,3-6H2,1-2H3,(H2,10,16). The van der Waals surface area contributed by atoms with E-state index < -0.39 is 16.0 Å². The Morgan fingerprint density at radius 1 is 1.53 bits per heavy atom. The average molecular weight is 282 g/mol. The van der Waals surface area contributed by atoms with Crippen LogP contribution in [-0.2, 0) is 19.6 Å². The largest absolute Gasteiger partial charge is 0.469 e. The van der Waals surface area contributed by atoms with Gasteiger partial charge in [-0.05, 0) is 13.3 Å². The molecule has 0 aliphatic rings. The molecule has 0 saturated heterocycles. The molecule has 0 amide bonds. The molecule has 0 bridgehead atoms. The summed E-state index contributed by atoms with van der Waals surface area (Å²) in [5, 5.41) is 0. The van der Waals surface area contributed by atoms with Gasteiger partial charge in [-0.3, -0.25) is 4.79 Å². The summed E-state index contributed by atoms with van der Waals surface area (Å²) in [6, 6.07) is -0.337. The Bertz CT molecular complexity index is 367. The maximum Gasteiger partial charge on any atom is 0.305 e. The van der Waals surface area contributed by atoms with Gasteiger partial charge in [-0.25, -0.2) is 13.1 Å². The van der Waals surface area contributed by atoms with Gasteiger partial charge in [0.15, 0.2) is 0 Å². The Morgan fingerprint density at radius 3 is 2.59 bits per heavy atom. The zero-order valence-electron chi connectivity index (χ0n) is 9.93. The van der Waals surface area contributed by atoms with Crippen molar-refractivity contribution in [3.05, 3.63) is 0 Å². The van der Waals surface area contributed by atoms with Gasteiger partial charge in [-0.2, -0.15) is 0 Å². The molecule has 0 aliphatic carbocycles. The molecule has 0 aliphatic heterocycles. The fourth-order valence-corrected chi connectivity index (χ4v) is 2.81. The Morgan fingerprint density at radius 2 is 2.12 bits per heavy atom. The molecule has 0 fully saturated rings. The molecule has 17 heavy (non-hydrogen) atoms. The number of carbonyl (C=O) groups is 1. The van der Waals surface area contributed by atoms with Crippen molar-refractivity contribution in [3.63, 3.8) is 0 Å². The van der Waals surface area contributed by atoms with Crippen molar-refractivity contribution >= 4 is 33.2 Å². The summed E-state index contributed by atoms with van der Waals surface area (Å²) in [6.45, 7) is 1.68. The lowest BCUT2D eigenvalue weighted by Crippen LogP contribution is -2.36. The van der Waals surface area contributed by atoms with Gasteiger partial charge in [0.2, 0.25) is 10.0 Å². The van der Waals surface area contributed by atoms with Gasteiger partial charge >= 0.3 is 5.97 Å². The third-order valence-electron chi connectivity index (χ3n) is 1.91. The number of hydrogen-bond acceptors (Lipinski definition) is 5. The van der Waals surface area contributed by atoms with E-state index in [-0.39, 0.29) is 29.6 Å². The Kier molecular flexibility index (Phi) is 7.24. The van der Waals surface area contributed by atoms with Crippen molar-refractivity contribution in [3.8, 4) is 0 Å². The van der Waals surface area contributed by atoms with Crippen LogP contribution in [0, 0.1) is 0 Å². The van der Waals surface area contributed by atoms with Crippen molar-refractivity contribution in [1.82, 2.24) is 4.72 Å². The lowest BCUT2D eigenvalue weighted by Gasteiger charge is -2.13. The number of esters is 1. The minimum absolute atomic E-state index is 0.0844. The molecule has 0 radical (unpaired) electrons. The van der Waals surface area contributed by atoms with E-state index in [0.717, 1.165) is 0 Å². The first kappa shape index (κ1) is 16.3. The van der Waals surface area contributed by atoms with E-state index in [1.807, 2.05) is 0 Å². The van der Waals surface area contributed by atoms with E-state index in [0.29, 0.717) is 6.42 Å². The molecule has 0 heterocycles. The predicted molar refractivity (Wildman–Crippen MR) is 69.0 cm³/mol. The molecule has 0 aromatic carbocycles. The zero-order valence-corrected chi connectivity index (χ0v) is 11.6. The van der Waals surface area contributed by atoms with E-state index in [1.54, 1.807) is 6.92 Å². The third-order valence-corrected chi connectivity index (χ3v) is 3.66. The molecule has 0 aromatic heterocycles. The summed E-state index contributed by atoms with van der Waals surface area (Å²) in [6.07, 6.45) is 0.619. The van der Waals surface area contributed by atoms with E-state index in [2.05, 4.69) is 21.7 Å². The molecule has 0 spiro atoms.